The summed E-state index contributed by atoms with van der Waals surface area (Å²) in [5.41, 5.74) is -0.154. The number of rotatable bonds is 6. The molecule has 122 valence electrons. The van der Waals surface area contributed by atoms with E-state index in [0.29, 0.717) is 19.6 Å². The first kappa shape index (κ1) is 15.9. The van der Waals surface area contributed by atoms with Gasteiger partial charge in [0.05, 0.1) is 16.9 Å². The molecule has 1 heterocycles. The molecule has 0 saturated heterocycles. The topological polar surface area (TPSA) is 56.6 Å². The maximum absolute atomic E-state index is 10.8. The third kappa shape index (κ3) is 4.06. The lowest BCUT2D eigenvalue weighted by Gasteiger charge is -2.36. The minimum atomic E-state index is -0.580. The second kappa shape index (κ2) is 6.65. The monoisotopic (exact) mass is 304 g/mol. The second-order valence-corrected chi connectivity index (χ2v) is 7.33. The van der Waals surface area contributed by atoms with Gasteiger partial charge in [-0.3, -0.25) is 9.88 Å². The summed E-state index contributed by atoms with van der Waals surface area (Å²) in [4.78, 5) is 6.63. The largest absolute Gasteiger partial charge is 0.389 e. The van der Waals surface area contributed by atoms with Gasteiger partial charge in [0.25, 0.3) is 0 Å². The Balaban J connectivity index is 1.69. The summed E-state index contributed by atoms with van der Waals surface area (Å²) < 4.78 is 0. The highest BCUT2D eigenvalue weighted by Crippen LogP contribution is 2.34. The molecule has 22 heavy (non-hydrogen) atoms. The maximum Gasteiger partial charge on any atom is 0.0774 e. The van der Waals surface area contributed by atoms with Gasteiger partial charge in [-0.1, -0.05) is 31.7 Å². The van der Waals surface area contributed by atoms with Crippen LogP contribution in [0.25, 0.3) is 0 Å². The molecule has 2 fully saturated rings. The maximum atomic E-state index is 10.8. The summed E-state index contributed by atoms with van der Waals surface area (Å²) >= 11 is 0. The van der Waals surface area contributed by atoms with Gasteiger partial charge in [-0.15, -0.1) is 0 Å². The molecule has 4 nitrogen and oxygen atoms in total. The van der Waals surface area contributed by atoms with Crippen LogP contribution in [0.2, 0.25) is 0 Å². The van der Waals surface area contributed by atoms with Crippen molar-refractivity contribution in [3.05, 3.63) is 30.1 Å². The summed E-state index contributed by atoms with van der Waals surface area (Å²) in [5, 5.41) is 21.5. The van der Waals surface area contributed by atoms with Crippen LogP contribution in [-0.2, 0) is 6.54 Å². The summed E-state index contributed by atoms with van der Waals surface area (Å²) in [6.07, 6.45) is 9.76. The van der Waals surface area contributed by atoms with E-state index in [-0.39, 0.29) is 0 Å². The number of nitrogens with zero attached hydrogens (tertiary/aromatic N) is 2. The van der Waals surface area contributed by atoms with Crippen molar-refractivity contribution < 1.29 is 10.2 Å². The molecule has 0 unspecified atom stereocenters. The molecule has 0 amide bonds. The predicted octanol–water partition coefficient (Wildman–Crippen LogP) is 2.49. The normalized spacial score (nSPS) is 23.2. The van der Waals surface area contributed by atoms with Crippen LogP contribution in [0.1, 0.15) is 57.1 Å². The first-order valence-corrected chi connectivity index (χ1v) is 8.64. The molecule has 0 spiro atoms. The van der Waals surface area contributed by atoms with Crippen molar-refractivity contribution in [3.8, 4) is 0 Å². The van der Waals surface area contributed by atoms with Gasteiger partial charge in [-0.05, 0) is 37.8 Å². The number of aliphatic hydroxyl groups is 2. The highest BCUT2D eigenvalue weighted by atomic mass is 16.3. The number of hydrogen-bond donors (Lipinski definition) is 2. The standard InChI is InChI=1S/C18H28N2O2/c21-17(8-2-3-9-17)14-20(13-16-7-1-6-12-19-16)15-18(22)10-4-5-11-18/h1,6-7,12,21-22H,2-5,8-11,13-15H2. The van der Waals surface area contributed by atoms with Gasteiger partial charge in [-0.25, -0.2) is 0 Å². The minimum absolute atomic E-state index is 0.580. The van der Waals surface area contributed by atoms with Gasteiger partial charge in [-0.2, -0.15) is 0 Å². The minimum Gasteiger partial charge on any atom is -0.389 e. The molecule has 3 rings (SSSR count). The van der Waals surface area contributed by atoms with Gasteiger partial charge in [0.15, 0.2) is 0 Å². The fraction of sp³-hybridized carbons (Fsp3) is 0.722. The van der Waals surface area contributed by atoms with Crippen molar-refractivity contribution in [3.63, 3.8) is 0 Å². The Hall–Kier alpha value is -0.970. The molecule has 2 N–H and O–H groups in total. The average Bonchev–Trinajstić information content (AvgIpc) is 3.09. The lowest BCUT2D eigenvalue weighted by molar-refractivity contribution is -0.0362. The van der Waals surface area contributed by atoms with Crippen LogP contribution in [0.15, 0.2) is 24.4 Å². The quantitative estimate of drug-likeness (QED) is 0.848. The Morgan fingerprint density at radius 1 is 0.909 bits per heavy atom. The van der Waals surface area contributed by atoms with Gasteiger partial charge < -0.3 is 10.2 Å². The average molecular weight is 304 g/mol. The lowest BCUT2D eigenvalue weighted by atomic mass is 9.98. The summed E-state index contributed by atoms with van der Waals surface area (Å²) in [6.45, 7) is 1.99. The molecule has 0 bridgehead atoms. The second-order valence-electron chi connectivity index (χ2n) is 7.33. The Kier molecular flexibility index (Phi) is 4.81. The Morgan fingerprint density at radius 2 is 1.45 bits per heavy atom. The van der Waals surface area contributed by atoms with Crippen LogP contribution in [0.5, 0.6) is 0 Å². The van der Waals surface area contributed by atoms with Crippen molar-refractivity contribution in [1.29, 1.82) is 0 Å². The van der Waals surface area contributed by atoms with Crippen LogP contribution in [0, 0.1) is 0 Å². The summed E-state index contributed by atoms with van der Waals surface area (Å²) in [5.74, 6) is 0. The predicted molar refractivity (Wildman–Crippen MR) is 86.3 cm³/mol. The fourth-order valence-corrected chi connectivity index (χ4v) is 4.10. The van der Waals surface area contributed by atoms with E-state index in [9.17, 15) is 10.2 Å². The van der Waals surface area contributed by atoms with E-state index in [4.69, 9.17) is 0 Å². The van der Waals surface area contributed by atoms with E-state index in [0.717, 1.165) is 57.1 Å². The van der Waals surface area contributed by atoms with E-state index in [1.54, 1.807) is 0 Å². The van der Waals surface area contributed by atoms with E-state index in [2.05, 4.69) is 9.88 Å². The molecule has 1 aromatic rings. The van der Waals surface area contributed by atoms with Crippen LogP contribution in [0.4, 0.5) is 0 Å². The van der Waals surface area contributed by atoms with Crippen molar-refractivity contribution in [2.45, 2.75) is 69.1 Å². The Morgan fingerprint density at radius 3 is 1.91 bits per heavy atom. The molecule has 4 heteroatoms. The lowest BCUT2D eigenvalue weighted by Crippen LogP contribution is -2.47. The van der Waals surface area contributed by atoms with Crippen molar-refractivity contribution in [2.24, 2.45) is 0 Å². The van der Waals surface area contributed by atoms with Gasteiger partial charge in [0.1, 0.15) is 0 Å². The molecular formula is C18H28N2O2. The van der Waals surface area contributed by atoms with Gasteiger partial charge >= 0.3 is 0 Å². The first-order chi connectivity index (χ1) is 10.6. The van der Waals surface area contributed by atoms with Crippen LogP contribution >= 0.6 is 0 Å². The van der Waals surface area contributed by atoms with Crippen molar-refractivity contribution in [2.75, 3.05) is 13.1 Å². The van der Waals surface area contributed by atoms with E-state index in [1.165, 1.54) is 0 Å². The molecular weight excluding hydrogens is 276 g/mol. The first-order valence-electron chi connectivity index (χ1n) is 8.64. The Bertz CT molecular complexity index is 441. The third-order valence-electron chi connectivity index (χ3n) is 5.22. The molecule has 0 atom stereocenters. The zero-order valence-electron chi connectivity index (χ0n) is 13.4. The molecule has 2 saturated carbocycles. The van der Waals surface area contributed by atoms with Crippen LogP contribution in [0.3, 0.4) is 0 Å². The SMILES string of the molecule is OC1(CN(Cc2ccccn2)CC2(O)CCCC2)CCCC1. The number of hydrogen-bond acceptors (Lipinski definition) is 4. The number of pyridine rings is 1. The molecule has 2 aliphatic rings. The van der Waals surface area contributed by atoms with E-state index in [1.807, 2.05) is 24.4 Å². The fourth-order valence-electron chi connectivity index (χ4n) is 4.10. The van der Waals surface area contributed by atoms with Gasteiger partial charge in [0.2, 0.25) is 0 Å². The molecule has 0 radical (unpaired) electrons. The van der Waals surface area contributed by atoms with Crippen molar-refractivity contribution >= 4 is 0 Å². The summed E-state index contributed by atoms with van der Waals surface area (Å²) in [6, 6.07) is 5.93. The zero-order valence-corrected chi connectivity index (χ0v) is 13.4. The zero-order chi connectivity index (χ0) is 15.5. The van der Waals surface area contributed by atoms with E-state index < -0.39 is 11.2 Å². The Labute approximate surface area is 133 Å². The summed E-state index contributed by atoms with van der Waals surface area (Å²) in [7, 11) is 0. The molecule has 0 aromatic carbocycles. The van der Waals surface area contributed by atoms with E-state index >= 15 is 0 Å². The highest BCUT2D eigenvalue weighted by molar-refractivity contribution is 5.04. The molecule has 0 aliphatic heterocycles. The van der Waals surface area contributed by atoms with Crippen molar-refractivity contribution in [1.82, 2.24) is 9.88 Å². The molecule has 2 aliphatic carbocycles. The van der Waals surface area contributed by atoms with Gasteiger partial charge in [0, 0.05) is 25.8 Å². The molecule has 1 aromatic heterocycles. The smallest absolute Gasteiger partial charge is 0.0774 e. The third-order valence-corrected chi connectivity index (χ3v) is 5.22. The van der Waals surface area contributed by atoms with Crippen LogP contribution < -0.4 is 0 Å². The van der Waals surface area contributed by atoms with Crippen LogP contribution in [-0.4, -0.2) is 44.4 Å². The highest BCUT2D eigenvalue weighted by Gasteiger charge is 2.37. The number of aromatic nitrogens is 1.